The third-order valence-corrected chi connectivity index (χ3v) is 8.07. The summed E-state index contributed by atoms with van der Waals surface area (Å²) in [5.74, 6) is 0.0903. The van der Waals surface area contributed by atoms with Gasteiger partial charge in [0.1, 0.15) is 6.04 Å². The van der Waals surface area contributed by atoms with Crippen LogP contribution in [0.15, 0.2) is 12.2 Å². The Morgan fingerprint density at radius 2 is 1.03 bits per heavy atom. The number of unbranched alkanes of at least 4 members (excludes halogenated alkanes) is 19. The first-order valence-electron chi connectivity index (χ1n) is 17.3. The first-order chi connectivity index (χ1) is 19.1. The van der Waals surface area contributed by atoms with Crippen LogP contribution in [0.25, 0.3) is 0 Å². The molecule has 0 heterocycles. The van der Waals surface area contributed by atoms with Crippen LogP contribution < -0.4 is 10.6 Å². The van der Waals surface area contributed by atoms with Gasteiger partial charge in [-0.3, -0.25) is 9.59 Å². The Morgan fingerprint density at radius 1 is 0.590 bits per heavy atom. The molecule has 0 fully saturated rings. The second-order valence-corrected chi connectivity index (χ2v) is 11.9. The normalized spacial score (nSPS) is 13.0. The minimum Gasteiger partial charge on any atom is -0.354 e. The van der Waals surface area contributed by atoms with Crippen LogP contribution in [0.2, 0.25) is 0 Å². The van der Waals surface area contributed by atoms with Crippen LogP contribution in [0.5, 0.6) is 0 Å². The summed E-state index contributed by atoms with van der Waals surface area (Å²) in [7, 11) is 0. The fraction of sp³-hybridized carbons (Fsp3) is 0.886. The largest absolute Gasteiger partial charge is 0.354 e. The summed E-state index contributed by atoms with van der Waals surface area (Å²) in [4.78, 5) is 25.3. The van der Waals surface area contributed by atoms with Crippen molar-refractivity contribution in [2.75, 3.05) is 6.54 Å². The molecule has 0 unspecified atom stereocenters. The van der Waals surface area contributed by atoms with Crippen molar-refractivity contribution in [3.05, 3.63) is 12.2 Å². The maximum atomic E-state index is 12.8. The smallest absolute Gasteiger partial charge is 0.242 e. The van der Waals surface area contributed by atoms with Crippen LogP contribution in [-0.2, 0) is 9.59 Å². The molecule has 0 radical (unpaired) electrons. The Hall–Kier alpha value is -1.32. The molecule has 0 aromatic heterocycles. The van der Waals surface area contributed by atoms with Gasteiger partial charge in [0.15, 0.2) is 0 Å². The Labute approximate surface area is 244 Å². The zero-order chi connectivity index (χ0) is 28.8. The van der Waals surface area contributed by atoms with Gasteiger partial charge in [-0.05, 0) is 31.6 Å². The SMILES string of the molecule is CCCCCCC=CCCC(=O)N[C@H](C(=O)NCCCCCCCCCCCCCCCCCC)[C@@H](C)CC. The van der Waals surface area contributed by atoms with Crippen molar-refractivity contribution in [1.29, 1.82) is 0 Å². The van der Waals surface area contributed by atoms with Crippen LogP contribution in [0.3, 0.4) is 0 Å². The summed E-state index contributed by atoms with van der Waals surface area (Å²) < 4.78 is 0. The molecule has 2 atom stereocenters. The van der Waals surface area contributed by atoms with Crippen LogP contribution in [0.4, 0.5) is 0 Å². The van der Waals surface area contributed by atoms with E-state index in [1.54, 1.807) is 0 Å². The molecule has 0 aliphatic rings. The van der Waals surface area contributed by atoms with Crippen molar-refractivity contribution in [2.24, 2.45) is 5.92 Å². The van der Waals surface area contributed by atoms with Gasteiger partial charge < -0.3 is 10.6 Å². The van der Waals surface area contributed by atoms with E-state index in [0.717, 1.165) is 25.7 Å². The monoisotopic (exact) mass is 549 g/mol. The van der Waals surface area contributed by atoms with E-state index in [1.807, 2.05) is 0 Å². The molecule has 0 saturated carbocycles. The molecule has 0 aliphatic heterocycles. The Bertz CT molecular complexity index is 575. The van der Waals surface area contributed by atoms with Gasteiger partial charge in [-0.15, -0.1) is 0 Å². The number of rotatable bonds is 29. The van der Waals surface area contributed by atoms with E-state index in [-0.39, 0.29) is 17.7 Å². The van der Waals surface area contributed by atoms with Crippen LogP contribution >= 0.6 is 0 Å². The van der Waals surface area contributed by atoms with Gasteiger partial charge in [0.25, 0.3) is 0 Å². The van der Waals surface area contributed by atoms with Crippen molar-refractivity contribution >= 4 is 11.8 Å². The Balaban J connectivity index is 3.80. The number of nitrogens with one attached hydrogen (secondary N) is 2. The lowest BCUT2D eigenvalue weighted by atomic mass is 9.98. The highest BCUT2D eigenvalue weighted by Gasteiger charge is 2.25. The van der Waals surface area contributed by atoms with E-state index in [4.69, 9.17) is 0 Å². The van der Waals surface area contributed by atoms with E-state index in [9.17, 15) is 9.59 Å². The van der Waals surface area contributed by atoms with Crippen LogP contribution in [0.1, 0.15) is 182 Å². The molecule has 0 aromatic rings. The highest BCUT2D eigenvalue weighted by molar-refractivity contribution is 5.87. The first kappa shape index (κ1) is 37.7. The molecule has 4 nitrogen and oxygen atoms in total. The van der Waals surface area contributed by atoms with Crippen molar-refractivity contribution < 1.29 is 9.59 Å². The Kier molecular flexibility index (Phi) is 28.7. The molecule has 4 heteroatoms. The highest BCUT2D eigenvalue weighted by Crippen LogP contribution is 2.14. The third kappa shape index (κ3) is 25.4. The molecular weight excluding hydrogens is 480 g/mol. The van der Waals surface area contributed by atoms with E-state index >= 15 is 0 Å². The molecule has 0 aliphatic carbocycles. The quantitative estimate of drug-likeness (QED) is 0.0721. The molecular formula is C35H68N2O2. The number of amides is 2. The van der Waals surface area contributed by atoms with Crippen LogP contribution in [0, 0.1) is 5.92 Å². The molecule has 2 N–H and O–H groups in total. The average Bonchev–Trinajstić information content (AvgIpc) is 2.94. The lowest BCUT2D eigenvalue weighted by Gasteiger charge is -2.23. The van der Waals surface area contributed by atoms with E-state index in [0.29, 0.717) is 13.0 Å². The summed E-state index contributed by atoms with van der Waals surface area (Å²) in [6.07, 6.45) is 34.1. The predicted octanol–water partition coefficient (Wildman–Crippen LogP) is 10.2. The minimum absolute atomic E-state index is 0.0199. The lowest BCUT2D eigenvalue weighted by molar-refractivity contribution is -0.130. The van der Waals surface area contributed by atoms with E-state index < -0.39 is 6.04 Å². The predicted molar refractivity (Wildman–Crippen MR) is 171 cm³/mol. The van der Waals surface area contributed by atoms with Crippen molar-refractivity contribution in [3.8, 4) is 0 Å². The number of carbonyl (C=O) groups excluding carboxylic acids is 2. The van der Waals surface area contributed by atoms with Gasteiger partial charge in [-0.2, -0.15) is 0 Å². The molecule has 0 spiro atoms. The molecule has 0 aromatic carbocycles. The lowest BCUT2D eigenvalue weighted by Crippen LogP contribution is -2.50. The summed E-state index contributed by atoms with van der Waals surface area (Å²) in [5.41, 5.74) is 0. The fourth-order valence-corrected chi connectivity index (χ4v) is 5.08. The molecule has 39 heavy (non-hydrogen) atoms. The minimum atomic E-state index is -0.429. The highest BCUT2D eigenvalue weighted by atomic mass is 16.2. The zero-order valence-corrected chi connectivity index (χ0v) is 26.8. The summed E-state index contributed by atoms with van der Waals surface area (Å²) >= 11 is 0. The number of hydrogen-bond donors (Lipinski definition) is 2. The molecule has 230 valence electrons. The fourth-order valence-electron chi connectivity index (χ4n) is 5.08. The molecule has 0 saturated heterocycles. The van der Waals surface area contributed by atoms with Crippen molar-refractivity contribution in [2.45, 2.75) is 188 Å². The van der Waals surface area contributed by atoms with Crippen molar-refractivity contribution in [3.63, 3.8) is 0 Å². The van der Waals surface area contributed by atoms with Gasteiger partial charge in [0.05, 0.1) is 0 Å². The van der Waals surface area contributed by atoms with E-state index in [2.05, 4.69) is 50.5 Å². The molecule has 0 bridgehead atoms. The number of allylic oxidation sites excluding steroid dienone is 2. The number of hydrogen-bond acceptors (Lipinski definition) is 2. The maximum absolute atomic E-state index is 12.8. The van der Waals surface area contributed by atoms with Crippen LogP contribution in [-0.4, -0.2) is 24.4 Å². The van der Waals surface area contributed by atoms with Gasteiger partial charge in [-0.1, -0.05) is 162 Å². The third-order valence-electron chi connectivity index (χ3n) is 8.07. The number of carbonyl (C=O) groups is 2. The van der Waals surface area contributed by atoms with Gasteiger partial charge >= 0.3 is 0 Å². The Morgan fingerprint density at radius 3 is 1.51 bits per heavy atom. The van der Waals surface area contributed by atoms with Gasteiger partial charge in [-0.25, -0.2) is 0 Å². The van der Waals surface area contributed by atoms with Gasteiger partial charge in [0, 0.05) is 13.0 Å². The second kappa shape index (κ2) is 29.7. The standard InChI is InChI=1S/C35H68N2O2/c1-5-8-10-12-14-16-17-18-19-20-21-22-23-25-27-29-31-36-35(39)34(32(4)7-3)37-33(38)30-28-26-24-15-13-11-9-6-2/h24,26,32,34H,5-23,25,27-31H2,1-4H3,(H,36,39)(H,37,38)/t32-,34-/m0/s1. The maximum Gasteiger partial charge on any atom is 0.242 e. The average molecular weight is 549 g/mol. The first-order valence-corrected chi connectivity index (χ1v) is 17.3. The van der Waals surface area contributed by atoms with Gasteiger partial charge in [0.2, 0.25) is 11.8 Å². The summed E-state index contributed by atoms with van der Waals surface area (Å²) in [6.45, 7) is 9.35. The molecule has 0 rings (SSSR count). The topological polar surface area (TPSA) is 58.2 Å². The van der Waals surface area contributed by atoms with Crippen molar-refractivity contribution in [1.82, 2.24) is 10.6 Å². The summed E-state index contributed by atoms with van der Waals surface area (Å²) in [5, 5.41) is 6.09. The van der Waals surface area contributed by atoms with E-state index in [1.165, 1.54) is 122 Å². The zero-order valence-electron chi connectivity index (χ0n) is 26.8. The molecule has 2 amide bonds. The summed E-state index contributed by atoms with van der Waals surface area (Å²) in [6, 6.07) is -0.429. The second-order valence-electron chi connectivity index (χ2n) is 11.9.